The average Bonchev–Trinajstić information content (AvgIpc) is 2.68. The lowest BCUT2D eigenvalue weighted by molar-refractivity contribution is -0.159. The number of carbonyl (C=O) groups excluding carboxylic acids is 1. The first-order valence-electron chi connectivity index (χ1n) is 9.04. The van der Waals surface area contributed by atoms with Gasteiger partial charge in [-0.1, -0.05) is 24.3 Å². The zero-order valence-corrected chi connectivity index (χ0v) is 15.6. The van der Waals surface area contributed by atoms with E-state index in [0.29, 0.717) is 17.0 Å². The van der Waals surface area contributed by atoms with Gasteiger partial charge in [-0.05, 0) is 67.2 Å². The molecule has 0 saturated carbocycles. The molecule has 3 aliphatic rings. The van der Waals surface area contributed by atoms with Gasteiger partial charge in [-0.3, -0.25) is 4.79 Å². The van der Waals surface area contributed by atoms with E-state index in [-0.39, 0.29) is 35.9 Å². The predicted octanol–water partition coefficient (Wildman–Crippen LogP) is 4.36. The molecule has 6 heteroatoms. The van der Waals surface area contributed by atoms with Gasteiger partial charge in [0.2, 0.25) is 0 Å². The van der Waals surface area contributed by atoms with Gasteiger partial charge in [-0.25, -0.2) is 8.78 Å². The molecule has 5 rings (SSSR count). The number of ether oxygens (including phenoxy) is 1. The van der Waals surface area contributed by atoms with Crippen LogP contribution in [0, 0.1) is 23.5 Å². The summed E-state index contributed by atoms with van der Waals surface area (Å²) in [6.07, 6.45) is 1.38. The van der Waals surface area contributed by atoms with Crippen molar-refractivity contribution in [2.75, 3.05) is 19.6 Å². The minimum Gasteiger partial charge on any atom is -0.452 e. The van der Waals surface area contributed by atoms with Crippen LogP contribution < -0.4 is 0 Å². The molecule has 3 aliphatic heterocycles. The second-order valence-corrected chi connectivity index (χ2v) is 7.16. The van der Waals surface area contributed by atoms with E-state index in [2.05, 4.69) is 4.90 Å². The van der Waals surface area contributed by atoms with E-state index in [0.717, 1.165) is 32.5 Å². The smallest absolute Gasteiger partial charge is 0.311 e. The van der Waals surface area contributed by atoms with Gasteiger partial charge in [0, 0.05) is 6.54 Å². The summed E-state index contributed by atoms with van der Waals surface area (Å²) >= 11 is 0. The number of piperidine rings is 3. The molecule has 0 aliphatic carbocycles. The van der Waals surface area contributed by atoms with E-state index >= 15 is 0 Å². The molecule has 2 aromatic rings. The van der Waals surface area contributed by atoms with Crippen LogP contribution in [0.5, 0.6) is 0 Å². The Hall–Kier alpha value is -1.98. The highest BCUT2D eigenvalue weighted by atomic mass is 35.5. The van der Waals surface area contributed by atoms with Crippen molar-refractivity contribution in [2.24, 2.45) is 11.8 Å². The Kier molecular flexibility index (Phi) is 6.12. The number of hydrogen-bond donors (Lipinski definition) is 0. The first kappa shape index (κ1) is 19.8. The van der Waals surface area contributed by atoms with Crippen molar-refractivity contribution in [1.82, 2.24) is 4.90 Å². The molecule has 0 spiro atoms. The zero-order chi connectivity index (χ0) is 18.1. The Bertz CT molecular complexity index is 728. The fourth-order valence-corrected chi connectivity index (χ4v) is 4.04. The van der Waals surface area contributed by atoms with Crippen molar-refractivity contribution in [3.8, 4) is 0 Å². The number of nitrogens with zero attached hydrogens (tertiary/aromatic N) is 1. The molecule has 2 bridgehead atoms. The van der Waals surface area contributed by atoms with Gasteiger partial charge in [0.05, 0.1) is 5.92 Å². The van der Waals surface area contributed by atoms with E-state index < -0.39 is 6.10 Å². The Balaban J connectivity index is 0.00000210. The van der Waals surface area contributed by atoms with Crippen molar-refractivity contribution in [3.63, 3.8) is 0 Å². The largest absolute Gasteiger partial charge is 0.452 e. The van der Waals surface area contributed by atoms with E-state index in [4.69, 9.17) is 4.74 Å². The van der Waals surface area contributed by atoms with Gasteiger partial charge < -0.3 is 9.64 Å². The van der Waals surface area contributed by atoms with Crippen LogP contribution in [0.15, 0.2) is 48.5 Å². The van der Waals surface area contributed by atoms with Crippen LogP contribution >= 0.6 is 12.4 Å². The van der Waals surface area contributed by atoms with E-state index in [1.54, 1.807) is 24.3 Å². The van der Waals surface area contributed by atoms with E-state index in [1.807, 2.05) is 0 Å². The third kappa shape index (κ3) is 4.30. The maximum absolute atomic E-state index is 13.3. The predicted molar refractivity (Wildman–Crippen MR) is 101 cm³/mol. The summed E-state index contributed by atoms with van der Waals surface area (Å²) in [6, 6.07) is 11.8. The van der Waals surface area contributed by atoms with Crippen LogP contribution in [0.3, 0.4) is 0 Å². The SMILES string of the molecule is Cl.O=C(OC(c1ccc(F)cc1)c1ccc(F)cc1)C1CN2CCC1CC2. The van der Waals surface area contributed by atoms with Gasteiger partial charge in [-0.2, -0.15) is 0 Å². The van der Waals surface area contributed by atoms with Crippen molar-refractivity contribution >= 4 is 18.4 Å². The fraction of sp³-hybridized carbons (Fsp3) is 0.381. The topological polar surface area (TPSA) is 29.5 Å². The van der Waals surface area contributed by atoms with Gasteiger partial charge in [0.1, 0.15) is 11.6 Å². The molecule has 3 saturated heterocycles. The minimum absolute atomic E-state index is 0. The molecule has 1 atom stereocenters. The molecule has 0 radical (unpaired) electrons. The second-order valence-electron chi connectivity index (χ2n) is 7.16. The maximum atomic E-state index is 13.3. The lowest BCUT2D eigenvalue weighted by Crippen LogP contribution is -2.50. The average molecular weight is 394 g/mol. The summed E-state index contributed by atoms with van der Waals surface area (Å²) in [6.45, 7) is 2.84. The maximum Gasteiger partial charge on any atom is 0.311 e. The molecular formula is C21H22ClF2NO2. The van der Waals surface area contributed by atoms with Crippen molar-refractivity contribution in [3.05, 3.63) is 71.3 Å². The van der Waals surface area contributed by atoms with Crippen molar-refractivity contribution in [2.45, 2.75) is 18.9 Å². The summed E-state index contributed by atoms with van der Waals surface area (Å²) in [7, 11) is 0. The van der Waals surface area contributed by atoms with Crippen LogP contribution in [0.4, 0.5) is 8.78 Å². The number of fused-ring (bicyclic) bond motifs is 3. The fourth-order valence-electron chi connectivity index (χ4n) is 4.04. The van der Waals surface area contributed by atoms with Gasteiger partial charge in [0.15, 0.2) is 6.10 Å². The number of esters is 1. The molecule has 3 fully saturated rings. The quantitative estimate of drug-likeness (QED) is 0.723. The third-order valence-corrected chi connectivity index (χ3v) is 5.54. The standard InChI is InChI=1S/C21H21F2NO2.ClH/c22-17-5-1-15(2-6-17)20(16-3-7-18(23)8-4-16)26-21(25)19-13-24-11-9-14(19)10-12-24;/h1-8,14,19-20H,9-13H2;1H. The molecule has 0 aromatic heterocycles. The minimum atomic E-state index is -0.667. The summed E-state index contributed by atoms with van der Waals surface area (Å²) in [5, 5.41) is 0. The van der Waals surface area contributed by atoms with E-state index in [1.165, 1.54) is 24.3 Å². The second kappa shape index (κ2) is 8.36. The number of carbonyl (C=O) groups is 1. The Morgan fingerprint density at radius 3 is 1.81 bits per heavy atom. The first-order valence-corrected chi connectivity index (χ1v) is 9.04. The molecule has 3 heterocycles. The van der Waals surface area contributed by atoms with Crippen LogP contribution in [0.25, 0.3) is 0 Å². The molecule has 1 unspecified atom stereocenters. The highest BCUT2D eigenvalue weighted by Gasteiger charge is 2.40. The van der Waals surface area contributed by atoms with Crippen LogP contribution in [0.1, 0.15) is 30.1 Å². The van der Waals surface area contributed by atoms with Crippen LogP contribution in [0.2, 0.25) is 0 Å². The van der Waals surface area contributed by atoms with Gasteiger partial charge in [-0.15, -0.1) is 12.4 Å². The molecule has 27 heavy (non-hydrogen) atoms. The summed E-state index contributed by atoms with van der Waals surface area (Å²) in [5.41, 5.74) is 1.35. The molecule has 0 N–H and O–H groups in total. The van der Waals surface area contributed by atoms with Crippen LogP contribution in [-0.4, -0.2) is 30.5 Å². The number of benzene rings is 2. The Morgan fingerprint density at radius 2 is 1.41 bits per heavy atom. The lowest BCUT2D eigenvalue weighted by Gasteiger charge is -2.43. The summed E-state index contributed by atoms with van der Waals surface area (Å²) in [4.78, 5) is 15.2. The zero-order valence-electron chi connectivity index (χ0n) is 14.8. The number of rotatable bonds is 4. The highest BCUT2D eigenvalue weighted by Crippen LogP contribution is 2.35. The third-order valence-electron chi connectivity index (χ3n) is 5.54. The molecular weight excluding hydrogens is 372 g/mol. The lowest BCUT2D eigenvalue weighted by atomic mass is 9.79. The van der Waals surface area contributed by atoms with Gasteiger partial charge in [0.25, 0.3) is 0 Å². The molecule has 0 amide bonds. The van der Waals surface area contributed by atoms with E-state index in [9.17, 15) is 13.6 Å². The number of hydrogen-bond acceptors (Lipinski definition) is 3. The summed E-state index contributed by atoms with van der Waals surface area (Å²) < 4.78 is 32.5. The Labute approximate surface area is 163 Å². The summed E-state index contributed by atoms with van der Waals surface area (Å²) in [5.74, 6) is -0.681. The van der Waals surface area contributed by atoms with Gasteiger partial charge >= 0.3 is 5.97 Å². The Morgan fingerprint density at radius 1 is 0.926 bits per heavy atom. The first-order chi connectivity index (χ1) is 12.6. The van der Waals surface area contributed by atoms with Crippen molar-refractivity contribution in [1.29, 1.82) is 0 Å². The number of halogens is 3. The monoisotopic (exact) mass is 393 g/mol. The molecule has 144 valence electrons. The van der Waals surface area contributed by atoms with Crippen LogP contribution in [-0.2, 0) is 9.53 Å². The van der Waals surface area contributed by atoms with Crippen molar-refractivity contribution < 1.29 is 18.3 Å². The molecule has 3 nitrogen and oxygen atoms in total. The highest BCUT2D eigenvalue weighted by molar-refractivity contribution is 5.85. The normalized spacial score (nSPS) is 23.7. The molecule has 2 aromatic carbocycles.